The Hall–Kier alpha value is -3.27. The fourth-order valence-corrected chi connectivity index (χ4v) is 5.76. The minimum absolute atomic E-state index is 0.0187. The molecule has 176 valence electrons. The van der Waals surface area contributed by atoms with Crippen molar-refractivity contribution >= 4 is 5.91 Å². The van der Waals surface area contributed by atoms with Crippen LogP contribution >= 0.6 is 0 Å². The molecule has 4 heteroatoms. The molecule has 3 atom stereocenters. The van der Waals surface area contributed by atoms with Gasteiger partial charge in [-0.25, -0.2) is 0 Å². The van der Waals surface area contributed by atoms with Crippen LogP contribution in [0.1, 0.15) is 67.9 Å². The monoisotopic (exact) mass is 455 g/mol. The lowest BCUT2D eigenvalue weighted by Crippen LogP contribution is -2.60. The van der Waals surface area contributed by atoms with Crippen LogP contribution in [0.2, 0.25) is 0 Å². The fraction of sp³-hybridized carbons (Fsp3) is 0.367. The molecule has 3 aromatic carbocycles. The molecule has 1 N–H and O–H groups in total. The van der Waals surface area contributed by atoms with Gasteiger partial charge in [0.05, 0.1) is 7.11 Å². The molecular formula is C30H33NO3. The van der Waals surface area contributed by atoms with E-state index in [-0.39, 0.29) is 23.2 Å². The van der Waals surface area contributed by atoms with Crippen LogP contribution in [0.5, 0.6) is 11.5 Å². The van der Waals surface area contributed by atoms with Crippen molar-refractivity contribution in [1.29, 1.82) is 0 Å². The van der Waals surface area contributed by atoms with Crippen molar-refractivity contribution < 1.29 is 14.3 Å². The SMILES string of the molecule is COc1ccc([C@@H]2c3cc(C(C)(C)C)ccc3O[C@@]3(NC(C)=O)c4ccccc4CC[C@@H]23)cc1. The highest BCUT2D eigenvalue weighted by molar-refractivity contribution is 5.74. The second-order valence-electron chi connectivity index (χ2n) is 10.6. The molecule has 0 aromatic heterocycles. The van der Waals surface area contributed by atoms with Gasteiger partial charge in [0.25, 0.3) is 0 Å². The van der Waals surface area contributed by atoms with Gasteiger partial charge in [-0.1, -0.05) is 69.3 Å². The van der Waals surface area contributed by atoms with Crippen molar-refractivity contribution in [2.75, 3.05) is 7.11 Å². The first-order valence-corrected chi connectivity index (χ1v) is 12.1. The summed E-state index contributed by atoms with van der Waals surface area (Å²) in [7, 11) is 1.69. The number of hydrogen-bond donors (Lipinski definition) is 1. The molecule has 3 aromatic rings. The number of methoxy groups -OCH3 is 1. The molecule has 0 saturated heterocycles. The summed E-state index contributed by atoms with van der Waals surface area (Å²) in [4.78, 5) is 12.6. The molecule has 0 spiro atoms. The molecule has 0 bridgehead atoms. The molecule has 2 aliphatic rings. The number of rotatable bonds is 3. The molecule has 1 aliphatic heterocycles. The van der Waals surface area contributed by atoms with Gasteiger partial charge in [0, 0.05) is 29.9 Å². The predicted octanol–water partition coefficient (Wildman–Crippen LogP) is 6.07. The third kappa shape index (κ3) is 3.66. The molecule has 0 fully saturated rings. The summed E-state index contributed by atoms with van der Waals surface area (Å²) in [5, 5.41) is 3.28. The smallest absolute Gasteiger partial charge is 0.220 e. The van der Waals surface area contributed by atoms with Gasteiger partial charge in [-0.05, 0) is 53.1 Å². The number of aryl methyl sites for hydroxylation is 1. The molecule has 1 aliphatic carbocycles. The van der Waals surface area contributed by atoms with E-state index in [1.54, 1.807) is 14.0 Å². The number of fused-ring (bicyclic) bond motifs is 4. The minimum Gasteiger partial charge on any atom is -0.497 e. The van der Waals surface area contributed by atoms with E-state index in [1.165, 1.54) is 22.3 Å². The first-order chi connectivity index (χ1) is 16.2. The molecule has 1 heterocycles. The quantitative estimate of drug-likeness (QED) is 0.522. The number of ether oxygens (including phenoxy) is 2. The normalized spacial score (nSPS) is 23.1. The summed E-state index contributed by atoms with van der Waals surface area (Å²) < 4.78 is 12.3. The molecule has 0 radical (unpaired) electrons. The van der Waals surface area contributed by atoms with Gasteiger partial charge in [-0.2, -0.15) is 0 Å². The molecule has 0 unspecified atom stereocenters. The maximum Gasteiger partial charge on any atom is 0.220 e. The minimum atomic E-state index is -0.915. The highest BCUT2D eigenvalue weighted by Crippen LogP contribution is 2.56. The molecule has 1 amide bonds. The zero-order valence-electron chi connectivity index (χ0n) is 20.6. The molecule has 5 rings (SSSR count). The third-order valence-corrected chi connectivity index (χ3v) is 7.39. The Morgan fingerprint density at radius 2 is 1.79 bits per heavy atom. The number of hydrogen-bond acceptors (Lipinski definition) is 3. The topological polar surface area (TPSA) is 47.6 Å². The zero-order chi connectivity index (χ0) is 24.1. The summed E-state index contributed by atoms with van der Waals surface area (Å²) in [5.41, 5.74) is 5.06. The van der Waals surface area contributed by atoms with E-state index in [4.69, 9.17) is 9.47 Å². The van der Waals surface area contributed by atoms with Crippen LogP contribution in [0, 0.1) is 5.92 Å². The van der Waals surface area contributed by atoms with Crippen LogP contribution in [0.4, 0.5) is 0 Å². The largest absolute Gasteiger partial charge is 0.497 e. The Labute approximate surface area is 202 Å². The van der Waals surface area contributed by atoms with Crippen molar-refractivity contribution in [3.63, 3.8) is 0 Å². The first kappa shape index (κ1) is 22.5. The summed E-state index contributed by atoms with van der Waals surface area (Å²) in [6.45, 7) is 8.28. The summed E-state index contributed by atoms with van der Waals surface area (Å²) in [6, 6.07) is 23.3. The van der Waals surface area contributed by atoms with E-state index in [9.17, 15) is 4.79 Å². The number of carbonyl (C=O) groups excluding carboxylic acids is 1. The summed E-state index contributed by atoms with van der Waals surface area (Å²) in [5.74, 6) is 1.68. The summed E-state index contributed by atoms with van der Waals surface area (Å²) in [6.07, 6.45) is 1.86. The van der Waals surface area contributed by atoms with Crippen LogP contribution < -0.4 is 14.8 Å². The lowest BCUT2D eigenvalue weighted by molar-refractivity contribution is -0.132. The number of amides is 1. The van der Waals surface area contributed by atoms with Crippen molar-refractivity contribution in [1.82, 2.24) is 5.32 Å². The Balaban J connectivity index is 1.77. The van der Waals surface area contributed by atoms with Crippen LogP contribution in [0.15, 0.2) is 66.7 Å². The van der Waals surface area contributed by atoms with E-state index < -0.39 is 5.72 Å². The Morgan fingerprint density at radius 1 is 1.06 bits per heavy atom. The van der Waals surface area contributed by atoms with E-state index in [1.807, 2.05) is 18.2 Å². The highest BCUT2D eigenvalue weighted by Gasteiger charge is 2.54. The third-order valence-electron chi connectivity index (χ3n) is 7.39. The van der Waals surface area contributed by atoms with Crippen LogP contribution in [-0.2, 0) is 22.4 Å². The van der Waals surface area contributed by atoms with Crippen LogP contribution in [-0.4, -0.2) is 13.0 Å². The average molecular weight is 456 g/mol. The van der Waals surface area contributed by atoms with Gasteiger partial charge >= 0.3 is 0 Å². The predicted molar refractivity (Wildman–Crippen MR) is 134 cm³/mol. The van der Waals surface area contributed by atoms with Gasteiger partial charge in [-0.15, -0.1) is 0 Å². The molecule has 34 heavy (non-hydrogen) atoms. The lowest BCUT2D eigenvalue weighted by atomic mass is 9.64. The van der Waals surface area contributed by atoms with Crippen LogP contribution in [0.3, 0.4) is 0 Å². The standard InChI is InChI=1S/C30H33NO3/c1-19(32)31-30-25-9-7-6-8-20(25)12-16-26(30)28(21-10-14-23(33-5)15-11-21)24-18-22(29(2,3)4)13-17-27(24)34-30/h6-11,13-15,17-18,26,28H,12,16H2,1-5H3,(H,31,32)/t26-,28+,30-/m0/s1. The van der Waals surface area contributed by atoms with E-state index in [2.05, 4.69) is 74.6 Å². The second-order valence-corrected chi connectivity index (χ2v) is 10.6. The molecule has 0 saturated carbocycles. The maximum absolute atomic E-state index is 12.6. The van der Waals surface area contributed by atoms with Crippen molar-refractivity contribution in [3.05, 3.63) is 94.5 Å². The van der Waals surface area contributed by atoms with E-state index in [0.717, 1.165) is 29.9 Å². The summed E-state index contributed by atoms with van der Waals surface area (Å²) >= 11 is 0. The van der Waals surface area contributed by atoms with Crippen molar-refractivity contribution in [2.24, 2.45) is 5.92 Å². The first-order valence-electron chi connectivity index (χ1n) is 12.1. The van der Waals surface area contributed by atoms with Gasteiger partial charge < -0.3 is 14.8 Å². The van der Waals surface area contributed by atoms with E-state index in [0.29, 0.717) is 0 Å². The van der Waals surface area contributed by atoms with E-state index >= 15 is 0 Å². The van der Waals surface area contributed by atoms with Crippen molar-refractivity contribution in [2.45, 2.75) is 57.6 Å². The average Bonchev–Trinajstić information content (AvgIpc) is 2.81. The van der Waals surface area contributed by atoms with Crippen molar-refractivity contribution in [3.8, 4) is 11.5 Å². The van der Waals surface area contributed by atoms with Gasteiger partial charge in [0.1, 0.15) is 11.5 Å². The Bertz CT molecular complexity index is 1220. The van der Waals surface area contributed by atoms with Gasteiger partial charge in [0.15, 0.2) is 0 Å². The van der Waals surface area contributed by atoms with Gasteiger partial charge in [-0.3, -0.25) is 4.79 Å². The lowest BCUT2D eigenvalue weighted by Gasteiger charge is -2.52. The number of carbonyl (C=O) groups is 1. The highest BCUT2D eigenvalue weighted by atomic mass is 16.5. The maximum atomic E-state index is 12.6. The molecule has 4 nitrogen and oxygen atoms in total. The zero-order valence-corrected chi connectivity index (χ0v) is 20.6. The fourth-order valence-electron chi connectivity index (χ4n) is 5.76. The number of nitrogens with one attached hydrogen (secondary N) is 1. The van der Waals surface area contributed by atoms with Gasteiger partial charge in [0.2, 0.25) is 11.6 Å². The molecular weight excluding hydrogens is 422 g/mol. The van der Waals surface area contributed by atoms with Crippen LogP contribution in [0.25, 0.3) is 0 Å². The Morgan fingerprint density at radius 3 is 2.47 bits per heavy atom. The Kier molecular flexibility index (Phi) is 5.43. The second kappa shape index (κ2) is 8.19. The number of benzene rings is 3.